The Bertz CT molecular complexity index is 899. The van der Waals surface area contributed by atoms with Crippen LogP contribution >= 0.6 is 0 Å². The van der Waals surface area contributed by atoms with E-state index in [9.17, 15) is 14.4 Å². The fraction of sp³-hybridized carbons (Fsp3) is 0.318. The molecule has 0 spiro atoms. The van der Waals surface area contributed by atoms with Gasteiger partial charge in [0.15, 0.2) is 6.61 Å². The molecule has 3 rings (SSSR count). The van der Waals surface area contributed by atoms with Gasteiger partial charge in [-0.2, -0.15) is 0 Å². The van der Waals surface area contributed by atoms with Gasteiger partial charge in [0, 0.05) is 25.4 Å². The largest absolute Gasteiger partial charge is 0.479 e. The number of fused-ring (bicyclic) bond motifs is 3. The molecule has 8 nitrogen and oxygen atoms in total. The predicted octanol–water partition coefficient (Wildman–Crippen LogP) is 2.78. The van der Waals surface area contributed by atoms with Gasteiger partial charge in [-0.3, -0.25) is 9.63 Å². The summed E-state index contributed by atoms with van der Waals surface area (Å²) in [5.74, 6) is -1.68. The zero-order chi connectivity index (χ0) is 21.7. The van der Waals surface area contributed by atoms with E-state index < -0.39 is 30.6 Å². The maximum atomic E-state index is 12.2. The Hall–Kier alpha value is -3.39. The molecule has 2 aromatic rings. The van der Waals surface area contributed by atoms with Crippen LogP contribution in [0.1, 0.15) is 30.4 Å². The Labute approximate surface area is 174 Å². The lowest BCUT2D eigenvalue weighted by atomic mass is 9.98. The molecule has 158 valence electrons. The highest BCUT2D eigenvalue weighted by Crippen LogP contribution is 2.44. The first-order chi connectivity index (χ1) is 14.4. The van der Waals surface area contributed by atoms with Crippen molar-refractivity contribution in [1.82, 2.24) is 10.4 Å². The van der Waals surface area contributed by atoms with Crippen LogP contribution in [0.4, 0.5) is 4.79 Å². The Kier molecular flexibility index (Phi) is 6.68. The number of benzene rings is 2. The van der Waals surface area contributed by atoms with Crippen LogP contribution in [-0.2, 0) is 19.2 Å². The third-order valence-electron chi connectivity index (χ3n) is 4.92. The summed E-state index contributed by atoms with van der Waals surface area (Å²) < 4.78 is 5.45. The van der Waals surface area contributed by atoms with E-state index in [1.807, 2.05) is 36.4 Å². The number of carbonyl (C=O) groups excluding carboxylic acids is 2. The summed E-state index contributed by atoms with van der Waals surface area (Å²) >= 11 is 0. The van der Waals surface area contributed by atoms with E-state index >= 15 is 0 Å². The van der Waals surface area contributed by atoms with Gasteiger partial charge in [0.25, 0.3) is 0 Å². The van der Waals surface area contributed by atoms with E-state index in [4.69, 9.17) is 14.7 Å². The number of hydroxylamine groups is 2. The van der Waals surface area contributed by atoms with Crippen molar-refractivity contribution in [3.63, 3.8) is 0 Å². The molecule has 30 heavy (non-hydrogen) atoms. The van der Waals surface area contributed by atoms with Crippen LogP contribution < -0.4 is 5.32 Å². The lowest BCUT2D eigenvalue weighted by Gasteiger charge is -2.19. The van der Waals surface area contributed by atoms with Gasteiger partial charge in [-0.15, -0.1) is 0 Å². The molecule has 1 aliphatic carbocycles. The van der Waals surface area contributed by atoms with Gasteiger partial charge in [0.2, 0.25) is 5.91 Å². The number of hydrogen-bond donors (Lipinski definition) is 2. The predicted molar refractivity (Wildman–Crippen MR) is 109 cm³/mol. The number of alkyl carbamates (subject to hydrolysis) is 1. The first-order valence-electron chi connectivity index (χ1n) is 9.59. The highest BCUT2D eigenvalue weighted by molar-refractivity contribution is 5.79. The summed E-state index contributed by atoms with van der Waals surface area (Å²) in [5.41, 5.74) is 4.52. The Morgan fingerprint density at radius 2 is 1.63 bits per heavy atom. The second-order valence-corrected chi connectivity index (χ2v) is 7.13. The van der Waals surface area contributed by atoms with E-state index in [-0.39, 0.29) is 18.9 Å². The van der Waals surface area contributed by atoms with Crippen molar-refractivity contribution in [2.24, 2.45) is 0 Å². The molecular formula is C22H24N2O6. The van der Waals surface area contributed by atoms with E-state index in [2.05, 4.69) is 17.4 Å². The molecule has 2 amide bonds. The summed E-state index contributed by atoms with van der Waals surface area (Å²) in [4.78, 5) is 39.5. The molecule has 2 aromatic carbocycles. The smallest absolute Gasteiger partial charge is 0.407 e. The quantitative estimate of drug-likeness (QED) is 0.646. The first kappa shape index (κ1) is 21.3. The van der Waals surface area contributed by atoms with Crippen molar-refractivity contribution in [1.29, 1.82) is 0 Å². The van der Waals surface area contributed by atoms with Crippen LogP contribution in [0, 0.1) is 0 Å². The van der Waals surface area contributed by atoms with E-state index in [1.54, 1.807) is 6.92 Å². The van der Waals surface area contributed by atoms with Gasteiger partial charge in [-0.1, -0.05) is 48.5 Å². The number of carboxylic acids is 1. The molecule has 0 bridgehead atoms. The molecule has 0 radical (unpaired) electrons. The third-order valence-corrected chi connectivity index (χ3v) is 4.92. The van der Waals surface area contributed by atoms with Crippen LogP contribution in [0.3, 0.4) is 0 Å². The minimum atomic E-state index is -1.18. The van der Waals surface area contributed by atoms with Gasteiger partial charge in [0.1, 0.15) is 6.61 Å². The van der Waals surface area contributed by atoms with Crippen LogP contribution in [0.25, 0.3) is 11.1 Å². The lowest BCUT2D eigenvalue weighted by molar-refractivity contribution is -0.186. The number of carbonyl (C=O) groups is 3. The number of rotatable bonds is 8. The number of ether oxygens (including phenoxy) is 1. The van der Waals surface area contributed by atoms with Crippen LogP contribution in [0.2, 0.25) is 0 Å². The molecule has 1 aliphatic rings. The van der Waals surface area contributed by atoms with Gasteiger partial charge in [-0.05, 0) is 29.2 Å². The van der Waals surface area contributed by atoms with E-state index in [0.717, 1.165) is 27.3 Å². The number of carboxylic acid groups (broad SMARTS) is 1. The van der Waals surface area contributed by atoms with Gasteiger partial charge >= 0.3 is 12.1 Å². The molecule has 0 aromatic heterocycles. The maximum absolute atomic E-state index is 12.2. The molecule has 8 heteroatoms. The molecule has 0 fully saturated rings. The normalized spacial score (nSPS) is 13.1. The summed E-state index contributed by atoms with van der Waals surface area (Å²) in [6, 6.07) is 15.6. The average molecular weight is 412 g/mol. The average Bonchev–Trinajstić information content (AvgIpc) is 3.04. The summed E-state index contributed by atoms with van der Waals surface area (Å²) in [7, 11) is 1.32. The van der Waals surface area contributed by atoms with Crippen molar-refractivity contribution in [3.05, 3.63) is 59.7 Å². The highest BCUT2D eigenvalue weighted by atomic mass is 16.7. The monoisotopic (exact) mass is 412 g/mol. The zero-order valence-corrected chi connectivity index (χ0v) is 16.8. The molecular weight excluding hydrogens is 388 g/mol. The van der Waals surface area contributed by atoms with Crippen molar-refractivity contribution in [2.45, 2.75) is 25.3 Å². The number of nitrogens with zero attached hydrogens (tertiary/aromatic N) is 1. The molecule has 0 heterocycles. The standard InChI is InChI=1S/C22H24N2O6/c1-14(11-20(25)24(2)30-13-21(26)27)23-22(28)29-12-19-17-9-5-3-7-15(17)16-8-4-6-10-18(16)19/h3-10,14,19H,11-13H2,1-2H3,(H,23,28)(H,26,27). The third kappa shape index (κ3) is 4.96. The Balaban J connectivity index is 1.52. The van der Waals surface area contributed by atoms with Crippen LogP contribution in [-0.4, -0.2) is 54.4 Å². The fourth-order valence-electron chi connectivity index (χ4n) is 3.51. The second-order valence-electron chi connectivity index (χ2n) is 7.13. The number of hydrogen-bond acceptors (Lipinski definition) is 5. The number of aliphatic carboxylic acids is 1. The fourth-order valence-corrected chi connectivity index (χ4v) is 3.51. The summed E-state index contributed by atoms with van der Waals surface area (Å²) in [5, 5.41) is 12.1. The van der Waals surface area contributed by atoms with E-state index in [1.165, 1.54) is 7.05 Å². The van der Waals surface area contributed by atoms with Gasteiger partial charge in [-0.25, -0.2) is 14.7 Å². The SMILES string of the molecule is CC(CC(=O)N(C)OCC(=O)O)NC(=O)OCC1c2ccccc2-c2ccccc21. The van der Waals surface area contributed by atoms with Gasteiger partial charge in [0.05, 0.1) is 0 Å². The molecule has 0 saturated heterocycles. The maximum Gasteiger partial charge on any atom is 0.407 e. The second kappa shape index (κ2) is 9.41. The molecule has 0 saturated carbocycles. The van der Waals surface area contributed by atoms with Gasteiger partial charge < -0.3 is 15.2 Å². The van der Waals surface area contributed by atoms with Crippen LogP contribution in [0.5, 0.6) is 0 Å². The molecule has 0 aliphatic heterocycles. The summed E-state index contributed by atoms with van der Waals surface area (Å²) in [6.07, 6.45) is -0.674. The molecule has 1 unspecified atom stereocenters. The molecule has 2 N–H and O–H groups in total. The van der Waals surface area contributed by atoms with Crippen LogP contribution in [0.15, 0.2) is 48.5 Å². The Morgan fingerprint density at radius 1 is 1.07 bits per heavy atom. The zero-order valence-electron chi connectivity index (χ0n) is 16.8. The van der Waals surface area contributed by atoms with Crippen molar-refractivity contribution in [3.8, 4) is 11.1 Å². The topological polar surface area (TPSA) is 105 Å². The Morgan fingerprint density at radius 3 is 2.20 bits per heavy atom. The summed E-state index contributed by atoms with van der Waals surface area (Å²) in [6.45, 7) is 1.23. The van der Waals surface area contributed by atoms with Crippen molar-refractivity contribution >= 4 is 18.0 Å². The van der Waals surface area contributed by atoms with Crippen molar-refractivity contribution < 1.29 is 29.1 Å². The van der Waals surface area contributed by atoms with E-state index in [0.29, 0.717) is 0 Å². The lowest BCUT2D eigenvalue weighted by Crippen LogP contribution is -2.39. The first-order valence-corrected chi connectivity index (χ1v) is 9.59. The highest BCUT2D eigenvalue weighted by Gasteiger charge is 2.29. The van der Waals surface area contributed by atoms with Crippen molar-refractivity contribution in [2.75, 3.05) is 20.3 Å². The molecule has 1 atom stereocenters. The number of amides is 2. The minimum absolute atomic E-state index is 0.0457. The minimum Gasteiger partial charge on any atom is -0.479 e. The number of nitrogens with one attached hydrogen (secondary N) is 1.